The van der Waals surface area contributed by atoms with Crippen molar-refractivity contribution in [1.29, 1.82) is 0 Å². The summed E-state index contributed by atoms with van der Waals surface area (Å²) in [6.07, 6.45) is 2.81. The Hall–Kier alpha value is -2.18. The predicted octanol–water partition coefficient (Wildman–Crippen LogP) is 4.09. The van der Waals surface area contributed by atoms with Crippen LogP contribution in [0.1, 0.15) is 12.5 Å². The Morgan fingerprint density at radius 1 is 1.35 bits per heavy atom. The SMILES string of the molecule is CCOC(=O)N(Cc1cccnc1)C(=S)Nc1ccccc1Cl. The van der Waals surface area contributed by atoms with E-state index in [-0.39, 0.29) is 18.3 Å². The van der Waals surface area contributed by atoms with Crippen molar-refractivity contribution < 1.29 is 9.53 Å². The Bertz CT molecular complexity index is 682. The molecule has 1 N–H and O–H groups in total. The normalized spacial score (nSPS) is 10.0. The lowest BCUT2D eigenvalue weighted by atomic mass is 10.3. The molecule has 0 aliphatic carbocycles. The molecule has 1 heterocycles. The van der Waals surface area contributed by atoms with Gasteiger partial charge in [0.2, 0.25) is 0 Å². The zero-order chi connectivity index (χ0) is 16.7. The lowest BCUT2D eigenvalue weighted by Crippen LogP contribution is -2.39. The molecule has 0 aliphatic heterocycles. The third-order valence-electron chi connectivity index (χ3n) is 2.91. The average Bonchev–Trinajstić information content (AvgIpc) is 2.56. The van der Waals surface area contributed by atoms with Crippen LogP contribution in [-0.2, 0) is 11.3 Å². The van der Waals surface area contributed by atoms with E-state index in [1.54, 1.807) is 37.5 Å². The third-order valence-corrected chi connectivity index (χ3v) is 3.56. The molecule has 0 aliphatic rings. The van der Waals surface area contributed by atoms with Crippen LogP contribution in [-0.4, -0.2) is 27.7 Å². The summed E-state index contributed by atoms with van der Waals surface area (Å²) in [6, 6.07) is 10.8. The second-order valence-electron chi connectivity index (χ2n) is 4.56. The van der Waals surface area contributed by atoms with E-state index in [1.807, 2.05) is 18.2 Å². The van der Waals surface area contributed by atoms with Gasteiger partial charge in [-0.05, 0) is 42.9 Å². The van der Waals surface area contributed by atoms with Crippen LogP contribution in [0.5, 0.6) is 0 Å². The van der Waals surface area contributed by atoms with Crippen molar-refractivity contribution in [3.05, 3.63) is 59.4 Å². The number of aromatic nitrogens is 1. The predicted molar refractivity (Wildman–Crippen MR) is 94.5 cm³/mol. The maximum absolute atomic E-state index is 12.2. The molecular formula is C16H16ClN3O2S. The van der Waals surface area contributed by atoms with Crippen molar-refractivity contribution in [3.63, 3.8) is 0 Å². The second-order valence-corrected chi connectivity index (χ2v) is 5.35. The number of hydrogen-bond acceptors (Lipinski definition) is 4. The topological polar surface area (TPSA) is 54.5 Å². The van der Waals surface area contributed by atoms with Gasteiger partial charge in [0.1, 0.15) is 0 Å². The molecule has 7 heteroatoms. The number of carbonyl (C=O) groups is 1. The Morgan fingerprint density at radius 3 is 2.78 bits per heavy atom. The summed E-state index contributed by atoms with van der Waals surface area (Å²) < 4.78 is 5.07. The zero-order valence-electron chi connectivity index (χ0n) is 12.5. The summed E-state index contributed by atoms with van der Waals surface area (Å²) >= 11 is 11.4. The van der Waals surface area contributed by atoms with Crippen molar-refractivity contribution >= 4 is 40.7 Å². The number of anilines is 1. The molecule has 120 valence electrons. The summed E-state index contributed by atoms with van der Waals surface area (Å²) in [5, 5.41) is 3.70. The van der Waals surface area contributed by atoms with Crippen LogP contribution in [0.3, 0.4) is 0 Å². The fraction of sp³-hybridized carbons (Fsp3) is 0.188. The molecular weight excluding hydrogens is 334 g/mol. The fourth-order valence-corrected chi connectivity index (χ4v) is 2.27. The van der Waals surface area contributed by atoms with E-state index in [0.29, 0.717) is 10.7 Å². The van der Waals surface area contributed by atoms with Gasteiger partial charge in [0, 0.05) is 12.4 Å². The highest BCUT2D eigenvalue weighted by atomic mass is 35.5. The van der Waals surface area contributed by atoms with Crippen LogP contribution in [0.25, 0.3) is 0 Å². The summed E-state index contributed by atoms with van der Waals surface area (Å²) in [4.78, 5) is 17.6. The highest BCUT2D eigenvalue weighted by Crippen LogP contribution is 2.21. The van der Waals surface area contributed by atoms with Crippen molar-refractivity contribution in [3.8, 4) is 0 Å². The van der Waals surface area contributed by atoms with Crippen LogP contribution in [0.15, 0.2) is 48.8 Å². The first kappa shape index (κ1) is 17.2. The van der Waals surface area contributed by atoms with Gasteiger partial charge < -0.3 is 10.1 Å². The monoisotopic (exact) mass is 349 g/mol. The smallest absolute Gasteiger partial charge is 0.416 e. The molecule has 23 heavy (non-hydrogen) atoms. The first-order valence-electron chi connectivity index (χ1n) is 7.00. The Balaban J connectivity index is 2.17. The number of pyridine rings is 1. The van der Waals surface area contributed by atoms with Gasteiger partial charge in [-0.3, -0.25) is 4.98 Å². The van der Waals surface area contributed by atoms with E-state index in [1.165, 1.54) is 4.90 Å². The van der Waals surface area contributed by atoms with E-state index in [2.05, 4.69) is 10.3 Å². The number of amides is 1. The minimum Gasteiger partial charge on any atom is -0.449 e. The number of thiocarbonyl (C=S) groups is 1. The number of nitrogens with zero attached hydrogens (tertiary/aromatic N) is 2. The maximum atomic E-state index is 12.2. The number of halogens is 1. The molecule has 0 bridgehead atoms. The third kappa shape index (κ3) is 4.91. The van der Waals surface area contributed by atoms with E-state index in [0.717, 1.165) is 5.56 Å². The largest absolute Gasteiger partial charge is 0.449 e. The maximum Gasteiger partial charge on any atom is 0.416 e. The molecule has 5 nitrogen and oxygen atoms in total. The van der Waals surface area contributed by atoms with Crippen LogP contribution >= 0.6 is 23.8 Å². The molecule has 0 spiro atoms. The number of para-hydroxylation sites is 1. The van der Waals surface area contributed by atoms with Gasteiger partial charge in [-0.15, -0.1) is 0 Å². The molecule has 1 aromatic carbocycles. The molecule has 1 aromatic heterocycles. The van der Waals surface area contributed by atoms with E-state index >= 15 is 0 Å². The fourth-order valence-electron chi connectivity index (χ4n) is 1.84. The van der Waals surface area contributed by atoms with Gasteiger partial charge >= 0.3 is 6.09 Å². The zero-order valence-corrected chi connectivity index (χ0v) is 14.1. The summed E-state index contributed by atoms with van der Waals surface area (Å²) in [5.74, 6) is 0. The van der Waals surface area contributed by atoms with Gasteiger partial charge in [-0.1, -0.05) is 29.8 Å². The van der Waals surface area contributed by atoms with Gasteiger partial charge in [0.25, 0.3) is 0 Å². The molecule has 0 radical (unpaired) electrons. The van der Waals surface area contributed by atoms with E-state index < -0.39 is 6.09 Å². The number of rotatable bonds is 4. The molecule has 2 aromatic rings. The minimum absolute atomic E-state index is 0.209. The van der Waals surface area contributed by atoms with E-state index in [4.69, 9.17) is 28.6 Å². The first-order chi connectivity index (χ1) is 11.1. The van der Waals surface area contributed by atoms with Crippen molar-refractivity contribution in [1.82, 2.24) is 9.88 Å². The standard InChI is InChI=1S/C16H16ClN3O2S/c1-2-22-16(21)20(11-12-6-5-9-18-10-12)15(23)19-14-8-4-3-7-13(14)17/h3-10H,2,11H2,1H3,(H,19,23). The van der Waals surface area contributed by atoms with Crippen LogP contribution in [0, 0.1) is 0 Å². The van der Waals surface area contributed by atoms with Gasteiger partial charge in [0.15, 0.2) is 5.11 Å². The van der Waals surface area contributed by atoms with Crippen LogP contribution < -0.4 is 5.32 Å². The van der Waals surface area contributed by atoms with Crippen LogP contribution in [0.4, 0.5) is 10.5 Å². The van der Waals surface area contributed by atoms with Crippen LogP contribution in [0.2, 0.25) is 5.02 Å². The van der Waals surface area contributed by atoms with Crippen molar-refractivity contribution in [2.24, 2.45) is 0 Å². The quantitative estimate of drug-likeness (QED) is 0.842. The van der Waals surface area contributed by atoms with E-state index in [9.17, 15) is 4.79 Å². The molecule has 2 rings (SSSR count). The molecule has 0 unspecified atom stereocenters. The molecule has 0 atom stereocenters. The van der Waals surface area contributed by atoms with Crippen molar-refractivity contribution in [2.45, 2.75) is 13.5 Å². The average molecular weight is 350 g/mol. The van der Waals surface area contributed by atoms with Gasteiger partial charge in [-0.25, -0.2) is 9.69 Å². The summed E-state index contributed by atoms with van der Waals surface area (Å²) in [7, 11) is 0. The summed E-state index contributed by atoms with van der Waals surface area (Å²) in [5.41, 5.74) is 1.46. The molecule has 0 saturated carbocycles. The molecule has 1 amide bonds. The highest BCUT2D eigenvalue weighted by molar-refractivity contribution is 7.80. The number of nitrogens with one attached hydrogen (secondary N) is 1. The Morgan fingerprint density at radius 2 is 2.13 bits per heavy atom. The first-order valence-corrected chi connectivity index (χ1v) is 7.79. The number of hydrogen-bond donors (Lipinski definition) is 1. The number of carbonyl (C=O) groups excluding carboxylic acids is 1. The minimum atomic E-state index is -0.527. The lowest BCUT2D eigenvalue weighted by molar-refractivity contribution is 0.127. The molecule has 0 saturated heterocycles. The second kappa shape index (κ2) is 8.45. The Labute approximate surface area is 145 Å². The number of ether oxygens (including phenoxy) is 1. The molecule has 0 fully saturated rings. The number of benzene rings is 1. The highest BCUT2D eigenvalue weighted by Gasteiger charge is 2.20. The lowest BCUT2D eigenvalue weighted by Gasteiger charge is -2.23. The summed E-state index contributed by atoms with van der Waals surface area (Å²) in [6.45, 7) is 2.25. The van der Waals surface area contributed by atoms with Gasteiger partial charge in [-0.2, -0.15) is 0 Å². The Kier molecular flexibility index (Phi) is 6.31. The van der Waals surface area contributed by atoms with Gasteiger partial charge in [0.05, 0.1) is 23.9 Å². The van der Waals surface area contributed by atoms with Crippen molar-refractivity contribution in [2.75, 3.05) is 11.9 Å².